The average molecular weight is 373 g/mol. The van der Waals surface area contributed by atoms with Crippen molar-refractivity contribution < 1.29 is 9.53 Å². The minimum absolute atomic E-state index is 0.196. The highest BCUT2D eigenvalue weighted by Crippen LogP contribution is 2.30. The molecule has 0 saturated carbocycles. The van der Waals surface area contributed by atoms with Gasteiger partial charge in [-0.1, -0.05) is 45.0 Å². The molecule has 1 aliphatic rings. The molecule has 1 amide bonds. The van der Waals surface area contributed by atoms with E-state index in [1.54, 1.807) is 0 Å². The van der Waals surface area contributed by atoms with Gasteiger partial charge >= 0.3 is 6.09 Å². The Labute approximate surface area is 165 Å². The van der Waals surface area contributed by atoms with Gasteiger partial charge in [0.2, 0.25) is 0 Å². The molecular formula is C23H36N2O2. The average Bonchev–Trinajstić information content (AvgIpc) is 2.57. The number of ether oxygens (including phenoxy) is 1. The van der Waals surface area contributed by atoms with Gasteiger partial charge in [0, 0.05) is 25.8 Å². The van der Waals surface area contributed by atoms with Crippen molar-refractivity contribution in [1.82, 2.24) is 4.90 Å². The first-order chi connectivity index (χ1) is 12.6. The molecule has 1 saturated heterocycles. The molecule has 0 N–H and O–H groups in total. The van der Waals surface area contributed by atoms with E-state index in [2.05, 4.69) is 50.0 Å². The molecular weight excluding hydrogens is 336 g/mol. The molecule has 0 atom stereocenters. The van der Waals surface area contributed by atoms with Gasteiger partial charge in [0.15, 0.2) is 0 Å². The van der Waals surface area contributed by atoms with E-state index in [-0.39, 0.29) is 6.09 Å². The van der Waals surface area contributed by atoms with E-state index in [0.29, 0.717) is 11.3 Å². The van der Waals surface area contributed by atoms with Crippen LogP contribution >= 0.6 is 0 Å². The normalized spacial score (nSPS) is 16.7. The summed E-state index contributed by atoms with van der Waals surface area (Å²) in [6.45, 7) is 14.8. The molecule has 0 radical (unpaired) electrons. The Balaban J connectivity index is 1.96. The topological polar surface area (TPSA) is 41.9 Å². The Morgan fingerprint density at radius 3 is 2.37 bits per heavy atom. The molecule has 0 unspecified atom stereocenters. The second-order valence-electron chi connectivity index (χ2n) is 9.72. The maximum Gasteiger partial charge on any atom is 0.410 e. The lowest BCUT2D eigenvalue weighted by molar-refractivity contribution is 0.0205. The highest BCUT2D eigenvalue weighted by Gasteiger charge is 2.28. The minimum Gasteiger partial charge on any atom is -0.444 e. The van der Waals surface area contributed by atoms with Crippen molar-refractivity contribution in [1.29, 1.82) is 0 Å². The second-order valence-corrected chi connectivity index (χ2v) is 9.72. The van der Waals surface area contributed by atoms with E-state index in [1.165, 1.54) is 11.1 Å². The maximum atomic E-state index is 12.3. The highest BCUT2D eigenvalue weighted by molar-refractivity contribution is 5.82. The molecule has 4 heteroatoms. The lowest BCUT2D eigenvalue weighted by Crippen LogP contribution is -2.41. The second kappa shape index (κ2) is 8.90. The fourth-order valence-electron chi connectivity index (χ4n) is 3.26. The maximum absolute atomic E-state index is 12.3. The highest BCUT2D eigenvalue weighted by atomic mass is 16.6. The van der Waals surface area contributed by atoms with Crippen molar-refractivity contribution in [2.45, 2.75) is 72.3 Å². The first kappa shape index (κ1) is 21.5. The van der Waals surface area contributed by atoms with Crippen LogP contribution in [0.5, 0.6) is 0 Å². The van der Waals surface area contributed by atoms with Crippen LogP contribution in [0.1, 0.15) is 77.8 Å². The van der Waals surface area contributed by atoms with E-state index in [9.17, 15) is 4.79 Å². The van der Waals surface area contributed by atoms with Crippen molar-refractivity contribution in [3.63, 3.8) is 0 Å². The molecule has 4 nitrogen and oxygen atoms in total. The lowest BCUT2D eigenvalue weighted by atomic mass is 9.87. The molecule has 150 valence electrons. The van der Waals surface area contributed by atoms with Crippen LogP contribution in [0.4, 0.5) is 4.79 Å². The fraction of sp³-hybridized carbons (Fsp3) is 0.652. The first-order valence-corrected chi connectivity index (χ1v) is 10.1. The fourth-order valence-corrected chi connectivity index (χ4v) is 3.26. The van der Waals surface area contributed by atoms with Crippen LogP contribution in [-0.4, -0.2) is 42.4 Å². The number of hydrogen-bond donors (Lipinski definition) is 0. The van der Waals surface area contributed by atoms with Gasteiger partial charge in [0.1, 0.15) is 5.60 Å². The Morgan fingerprint density at radius 2 is 1.78 bits per heavy atom. The molecule has 0 aromatic heterocycles. The van der Waals surface area contributed by atoms with Crippen molar-refractivity contribution >= 4 is 12.3 Å². The Bertz CT molecular complexity index is 645. The number of benzene rings is 1. The van der Waals surface area contributed by atoms with Crippen molar-refractivity contribution in [2.24, 2.45) is 10.4 Å². The molecule has 1 aliphatic heterocycles. The number of aliphatic imine (C=N–C) groups is 1. The molecule has 0 bridgehead atoms. The molecule has 1 aromatic carbocycles. The van der Waals surface area contributed by atoms with E-state index >= 15 is 0 Å². The third kappa shape index (κ3) is 7.36. The summed E-state index contributed by atoms with van der Waals surface area (Å²) < 4.78 is 5.50. The largest absolute Gasteiger partial charge is 0.444 e. The van der Waals surface area contributed by atoms with Gasteiger partial charge < -0.3 is 9.64 Å². The monoisotopic (exact) mass is 372 g/mol. The van der Waals surface area contributed by atoms with E-state index in [0.717, 1.165) is 38.9 Å². The van der Waals surface area contributed by atoms with Gasteiger partial charge in [-0.05, 0) is 62.5 Å². The summed E-state index contributed by atoms with van der Waals surface area (Å²) >= 11 is 0. The predicted octanol–water partition coefficient (Wildman–Crippen LogP) is 5.66. The number of nitrogens with zero attached hydrogens (tertiary/aromatic N) is 2. The summed E-state index contributed by atoms with van der Waals surface area (Å²) in [6.07, 6.45) is 4.84. The van der Waals surface area contributed by atoms with E-state index in [4.69, 9.17) is 4.74 Å². The SMILES string of the molecule is CC(C)(C)CC/N=C/c1ccccc1C1CCN(C(=O)OC(C)(C)C)CC1. The summed E-state index contributed by atoms with van der Waals surface area (Å²) in [7, 11) is 0. The zero-order valence-electron chi connectivity index (χ0n) is 17.9. The van der Waals surface area contributed by atoms with Crippen LogP contribution in [0.2, 0.25) is 0 Å². The standard InChI is InChI=1S/C23H36N2O2/c1-22(2,3)13-14-24-17-19-9-7-8-10-20(19)18-11-15-25(16-12-18)21(26)27-23(4,5)6/h7-10,17-18H,11-16H2,1-6H3/b24-17+. The number of likely N-dealkylation sites (tertiary alicyclic amines) is 1. The Kier molecular flexibility index (Phi) is 7.07. The zero-order valence-corrected chi connectivity index (χ0v) is 17.9. The van der Waals surface area contributed by atoms with Gasteiger partial charge in [0.25, 0.3) is 0 Å². The minimum atomic E-state index is -0.440. The van der Waals surface area contributed by atoms with Crippen LogP contribution < -0.4 is 0 Å². The number of piperidine rings is 1. The van der Waals surface area contributed by atoms with Crippen LogP contribution in [0.25, 0.3) is 0 Å². The van der Waals surface area contributed by atoms with Crippen LogP contribution in [0, 0.1) is 5.41 Å². The summed E-state index contributed by atoms with van der Waals surface area (Å²) in [5.41, 5.74) is 2.43. The summed E-state index contributed by atoms with van der Waals surface area (Å²) in [6, 6.07) is 8.53. The number of hydrogen-bond acceptors (Lipinski definition) is 3. The quantitative estimate of drug-likeness (QED) is 0.640. The Morgan fingerprint density at radius 1 is 1.15 bits per heavy atom. The van der Waals surface area contributed by atoms with E-state index in [1.807, 2.05) is 31.9 Å². The van der Waals surface area contributed by atoms with Gasteiger partial charge in [-0.15, -0.1) is 0 Å². The molecule has 2 rings (SSSR count). The van der Waals surface area contributed by atoms with Crippen LogP contribution in [0.3, 0.4) is 0 Å². The van der Waals surface area contributed by atoms with Crippen molar-refractivity contribution in [3.05, 3.63) is 35.4 Å². The Hall–Kier alpha value is -1.84. The van der Waals surface area contributed by atoms with Crippen molar-refractivity contribution in [2.75, 3.05) is 19.6 Å². The number of rotatable bonds is 4. The van der Waals surface area contributed by atoms with Gasteiger partial charge in [-0.2, -0.15) is 0 Å². The number of carbonyl (C=O) groups is 1. The molecule has 1 heterocycles. The molecule has 1 fully saturated rings. The van der Waals surface area contributed by atoms with Crippen molar-refractivity contribution in [3.8, 4) is 0 Å². The molecule has 1 aromatic rings. The third-order valence-corrected chi connectivity index (χ3v) is 4.80. The molecule has 0 spiro atoms. The number of carbonyl (C=O) groups excluding carboxylic acids is 1. The predicted molar refractivity (Wildman–Crippen MR) is 113 cm³/mol. The van der Waals surface area contributed by atoms with Gasteiger partial charge in [0.05, 0.1) is 0 Å². The summed E-state index contributed by atoms with van der Waals surface area (Å²) in [5.74, 6) is 0.467. The van der Waals surface area contributed by atoms with Crippen LogP contribution in [0.15, 0.2) is 29.3 Å². The van der Waals surface area contributed by atoms with Gasteiger partial charge in [-0.25, -0.2) is 4.79 Å². The third-order valence-electron chi connectivity index (χ3n) is 4.80. The zero-order chi connectivity index (χ0) is 20.1. The number of amides is 1. The summed E-state index contributed by atoms with van der Waals surface area (Å²) in [5, 5.41) is 0. The molecule has 0 aliphatic carbocycles. The van der Waals surface area contributed by atoms with E-state index < -0.39 is 5.60 Å². The first-order valence-electron chi connectivity index (χ1n) is 10.1. The van der Waals surface area contributed by atoms with Crippen LogP contribution in [-0.2, 0) is 4.74 Å². The lowest BCUT2D eigenvalue weighted by Gasteiger charge is -2.34. The van der Waals surface area contributed by atoms with Gasteiger partial charge in [-0.3, -0.25) is 4.99 Å². The smallest absolute Gasteiger partial charge is 0.410 e. The molecule has 27 heavy (non-hydrogen) atoms. The summed E-state index contributed by atoms with van der Waals surface area (Å²) in [4.78, 5) is 18.8.